The molecule has 0 aliphatic rings. The van der Waals surface area contributed by atoms with E-state index in [2.05, 4.69) is 0 Å². The Hall–Kier alpha value is -2.15. The van der Waals surface area contributed by atoms with E-state index in [1.165, 1.54) is 6.92 Å². The van der Waals surface area contributed by atoms with Crippen LogP contribution in [0.4, 0.5) is 0 Å². The van der Waals surface area contributed by atoms with Crippen LogP contribution in [0.15, 0.2) is 24.3 Å². The molecule has 1 aromatic rings. The first-order chi connectivity index (χ1) is 8.04. The summed E-state index contributed by atoms with van der Waals surface area (Å²) >= 11 is 0. The van der Waals surface area contributed by atoms with Gasteiger partial charge in [0.15, 0.2) is 0 Å². The van der Waals surface area contributed by atoms with Crippen LogP contribution in [0.5, 0.6) is 0 Å². The van der Waals surface area contributed by atoms with E-state index in [1.807, 2.05) is 6.07 Å². The molecule has 4 heteroatoms. The highest BCUT2D eigenvalue weighted by molar-refractivity contribution is 5.97. The molecule has 1 rings (SSSR count). The van der Waals surface area contributed by atoms with Crippen LogP contribution in [0.1, 0.15) is 18.1 Å². The van der Waals surface area contributed by atoms with Gasteiger partial charge in [-0.15, -0.1) is 0 Å². The maximum atomic E-state index is 11.1. The van der Waals surface area contributed by atoms with Gasteiger partial charge >= 0.3 is 5.97 Å². The summed E-state index contributed by atoms with van der Waals surface area (Å²) < 4.78 is 0. The summed E-state index contributed by atoms with van der Waals surface area (Å²) in [5, 5.41) is 17.4. The molecule has 0 amide bonds. The standard InChI is InChI=1S/C13H13NO3/c1-9(15)12(13(16)17)8-11-4-2-10(3-5-11)6-7-14/h2-5,12H,6,8H2,1H3,(H,16,17). The van der Waals surface area contributed by atoms with Gasteiger partial charge < -0.3 is 5.11 Å². The number of carbonyl (C=O) groups excluding carboxylic acids is 1. The van der Waals surface area contributed by atoms with Crippen LogP contribution in [0.25, 0.3) is 0 Å². The summed E-state index contributed by atoms with van der Waals surface area (Å²) in [4.78, 5) is 22.0. The number of aliphatic carboxylic acids is 1. The summed E-state index contributed by atoms with van der Waals surface area (Å²) in [6.07, 6.45) is 0.521. The Morgan fingerprint density at radius 1 is 1.29 bits per heavy atom. The summed E-state index contributed by atoms with van der Waals surface area (Å²) in [6, 6.07) is 9.09. The maximum absolute atomic E-state index is 11.1. The van der Waals surface area contributed by atoms with Gasteiger partial charge in [0.05, 0.1) is 12.5 Å². The van der Waals surface area contributed by atoms with Crippen LogP contribution in [-0.2, 0) is 22.4 Å². The third-order valence-corrected chi connectivity index (χ3v) is 2.53. The van der Waals surface area contributed by atoms with Crippen LogP contribution in [-0.4, -0.2) is 16.9 Å². The van der Waals surface area contributed by atoms with Gasteiger partial charge in [-0.3, -0.25) is 9.59 Å². The van der Waals surface area contributed by atoms with Crippen LogP contribution in [0, 0.1) is 17.2 Å². The number of carbonyl (C=O) groups is 2. The summed E-state index contributed by atoms with van der Waals surface area (Å²) in [5.41, 5.74) is 1.67. The van der Waals surface area contributed by atoms with Crippen molar-refractivity contribution in [3.05, 3.63) is 35.4 Å². The van der Waals surface area contributed by atoms with Gasteiger partial charge in [0.2, 0.25) is 0 Å². The Labute approximate surface area is 99.5 Å². The van der Waals surface area contributed by atoms with Crippen molar-refractivity contribution in [2.45, 2.75) is 19.8 Å². The highest BCUT2D eigenvalue weighted by Gasteiger charge is 2.22. The fourth-order valence-corrected chi connectivity index (χ4v) is 1.53. The van der Waals surface area contributed by atoms with Crippen LogP contribution >= 0.6 is 0 Å². The average molecular weight is 231 g/mol. The predicted octanol–water partition coefficient (Wildman–Crippen LogP) is 1.58. The molecule has 0 fully saturated rings. The molecular formula is C13H13NO3. The van der Waals surface area contributed by atoms with Crippen molar-refractivity contribution in [3.63, 3.8) is 0 Å². The number of hydrogen-bond donors (Lipinski definition) is 1. The first kappa shape index (κ1) is 12.9. The number of carboxylic acid groups (broad SMARTS) is 1. The zero-order valence-corrected chi connectivity index (χ0v) is 9.51. The maximum Gasteiger partial charge on any atom is 0.314 e. The van der Waals surface area contributed by atoms with Crippen LogP contribution < -0.4 is 0 Å². The molecule has 0 saturated heterocycles. The Bertz CT molecular complexity index is 443. The number of nitriles is 1. The summed E-state index contributed by atoms with van der Waals surface area (Å²) in [5.74, 6) is -2.44. The van der Waals surface area contributed by atoms with E-state index in [0.29, 0.717) is 6.42 Å². The molecule has 1 aromatic carbocycles. The van der Waals surface area contributed by atoms with Crippen molar-refractivity contribution >= 4 is 11.8 Å². The molecule has 1 N–H and O–H groups in total. The number of rotatable bonds is 5. The van der Waals surface area contributed by atoms with E-state index in [9.17, 15) is 9.59 Å². The third-order valence-electron chi connectivity index (χ3n) is 2.53. The molecule has 0 aliphatic heterocycles. The van der Waals surface area contributed by atoms with Gasteiger partial charge in [-0.1, -0.05) is 24.3 Å². The highest BCUT2D eigenvalue weighted by Crippen LogP contribution is 2.12. The second-order valence-corrected chi connectivity index (χ2v) is 3.86. The van der Waals surface area contributed by atoms with Crippen molar-refractivity contribution in [1.82, 2.24) is 0 Å². The smallest absolute Gasteiger partial charge is 0.314 e. The lowest BCUT2D eigenvalue weighted by Gasteiger charge is -2.08. The van der Waals surface area contributed by atoms with Gasteiger partial charge in [-0.05, 0) is 24.5 Å². The first-order valence-corrected chi connectivity index (χ1v) is 5.22. The largest absolute Gasteiger partial charge is 0.481 e. The molecule has 0 aliphatic carbocycles. The number of carboxylic acids is 1. The quantitative estimate of drug-likeness (QED) is 0.780. The fraction of sp³-hybridized carbons (Fsp3) is 0.308. The van der Waals surface area contributed by atoms with Gasteiger partial charge in [0, 0.05) is 0 Å². The van der Waals surface area contributed by atoms with Gasteiger partial charge in [0.1, 0.15) is 11.7 Å². The minimum atomic E-state index is -1.10. The highest BCUT2D eigenvalue weighted by atomic mass is 16.4. The molecule has 0 spiro atoms. The van der Waals surface area contributed by atoms with Crippen molar-refractivity contribution in [1.29, 1.82) is 5.26 Å². The molecule has 4 nitrogen and oxygen atoms in total. The Balaban J connectivity index is 2.77. The molecular weight excluding hydrogens is 218 g/mol. The third kappa shape index (κ3) is 3.72. The Morgan fingerprint density at radius 2 is 1.82 bits per heavy atom. The van der Waals surface area contributed by atoms with Crippen LogP contribution in [0.2, 0.25) is 0 Å². The molecule has 17 heavy (non-hydrogen) atoms. The van der Waals surface area contributed by atoms with Gasteiger partial charge in [0.25, 0.3) is 0 Å². The number of nitrogens with zero attached hydrogens (tertiary/aromatic N) is 1. The van der Waals surface area contributed by atoms with Crippen molar-refractivity contribution < 1.29 is 14.7 Å². The van der Waals surface area contributed by atoms with E-state index in [4.69, 9.17) is 10.4 Å². The molecule has 88 valence electrons. The van der Waals surface area contributed by atoms with Crippen molar-refractivity contribution in [3.8, 4) is 6.07 Å². The average Bonchev–Trinajstić information content (AvgIpc) is 2.27. The Morgan fingerprint density at radius 3 is 2.24 bits per heavy atom. The lowest BCUT2D eigenvalue weighted by molar-refractivity contribution is -0.145. The van der Waals surface area contributed by atoms with E-state index in [0.717, 1.165) is 11.1 Å². The lowest BCUT2D eigenvalue weighted by atomic mass is 9.95. The molecule has 1 unspecified atom stereocenters. The number of Topliss-reactive ketones (excluding diaryl/α,β-unsaturated/α-hetero) is 1. The topological polar surface area (TPSA) is 78.2 Å². The van der Waals surface area contributed by atoms with Crippen LogP contribution in [0.3, 0.4) is 0 Å². The van der Waals surface area contributed by atoms with Crippen molar-refractivity contribution in [2.75, 3.05) is 0 Å². The fourth-order valence-electron chi connectivity index (χ4n) is 1.53. The normalized spacial score (nSPS) is 11.5. The summed E-state index contributed by atoms with van der Waals surface area (Å²) in [7, 11) is 0. The second-order valence-electron chi connectivity index (χ2n) is 3.86. The summed E-state index contributed by atoms with van der Waals surface area (Å²) in [6.45, 7) is 1.28. The first-order valence-electron chi connectivity index (χ1n) is 5.22. The van der Waals surface area contributed by atoms with Crippen molar-refractivity contribution in [2.24, 2.45) is 5.92 Å². The monoisotopic (exact) mass is 231 g/mol. The number of hydrogen-bond acceptors (Lipinski definition) is 3. The molecule has 0 bridgehead atoms. The number of benzene rings is 1. The molecule has 1 atom stereocenters. The SMILES string of the molecule is CC(=O)C(Cc1ccc(CC#N)cc1)C(=O)O. The van der Waals surface area contributed by atoms with Gasteiger partial charge in [-0.2, -0.15) is 5.26 Å². The second kappa shape index (κ2) is 5.80. The van der Waals surface area contributed by atoms with E-state index in [-0.39, 0.29) is 12.2 Å². The van der Waals surface area contributed by atoms with E-state index >= 15 is 0 Å². The minimum absolute atomic E-state index is 0.192. The van der Waals surface area contributed by atoms with E-state index < -0.39 is 11.9 Å². The molecule has 0 heterocycles. The number of ketones is 1. The Kier molecular flexibility index (Phi) is 4.41. The predicted molar refractivity (Wildman–Crippen MR) is 61.3 cm³/mol. The zero-order valence-electron chi connectivity index (χ0n) is 9.51. The lowest BCUT2D eigenvalue weighted by Crippen LogP contribution is -2.23. The molecule has 0 radical (unpaired) electrons. The zero-order chi connectivity index (χ0) is 12.8. The van der Waals surface area contributed by atoms with E-state index in [1.54, 1.807) is 24.3 Å². The minimum Gasteiger partial charge on any atom is -0.481 e. The molecule has 0 saturated carbocycles. The van der Waals surface area contributed by atoms with Gasteiger partial charge in [-0.25, -0.2) is 0 Å². The molecule has 0 aromatic heterocycles.